The summed E-state index contributed by atoms with van der Waals surface area (Å²) in [6.07, 6.45) is 2.84. The Hall–Kier alpha value is -1.10. The summed E-state index contributed by atoms with van der Waals surface area (Å²) < 4.78 is 26.0. The number of aromatic nitrogens is 1. The van der Waals surface area contributed by atoms with Gasteiger partial charge in [-0.3, -0.25) is 0 Å². The van der Waals surface area contributed by atoms with Crippen molar-refractivity contribution in [1.82, 2.24) is 4.98 Å². The number of aromatic carboxylic acids is 1. The van der Waals surface area contributed by atoms with E-state index in [4.69, 9.17) is 10.8 Å². The maximum atomic E-state index is 12.6. The Morgan fingerprint density at radius 1 is 1.48 bits per heavy atom. The molecule has 3 N–H and O–H groups in total. The van der Waals surface area contributed by atoms with Gasteiger partial charge in [0.2, 0.25) is 9.84 Å². The van der Waals surface area contributed by atoms with Crippen molar-refractivity contribution in [3.05, 3.63) is 27.7 Å². The molecule has 0 aliphatic heterocycles. The first-order chi connectivity index (χ1) is 9.77. The van der Waals surface area contributed by atoms with E-state index in [0.29, 0.717) is 8.68 Å². The standard InChI is InChI=1S/C11H9BrN2O4S3/c1-19-11-8(3-7(20-11)10(15)16)21(17,18)5-2-6(12)9(13)14-4-5/h2-4H,1H3,(H2,13,14)(H,15,16). The average molecular weight is 409 g/mol. The van der Waals surface area contributed by atoms with E-state index < -0.39 is 15.8 Å². The molecular weight excluding hydrogens is 400 g/mol. The molecule has 6 nitrogen and oxygen atoms in total. The third-order valence-electron chi connectivity index (χ3n) is 2.51. The van der Waals surface area contributed by atoms with Crippen LogP contribution in [0.5, 0.6) is 0 Å². The summed E-state index contributed by atoms with van der Waals surface area (Å²) >= 11 is 5.23. The van der Waals surface area contributed by atoms with Gasteiger partial charge in [0.05, 0.1) is 18.5 Å². The predicted molar refractivity (Wildman–Crippen MR) is 84.9 cm³/mol. The van der Waals surface area contributed by atoms with E-state index in [0.717, 1.165) is 17.5 Å². The molecule has 0 bridgehead atoms. The van der Waals surface area contributed by atoms with Gasteiger partial charge >= 0.3 is 5.97 Å². The molecule has 0 spiro atoms. The second kappa shape index (κ2) is 5.95. The lowest BCUT2D eigenvalue weighted by atomic mass is 10.5. The fourth-order valence-corrected chi connectivity index (χ4v) is 5.80. The van der Waals surface area contributed by atoms with Crippen molar-refractivity contribution in [2.45, 2.75) is 14.0 Å². The largest absolute Gasteiger partial charge is 0.477 e. The quantitative estimate of drug-likeness (QED) is 0.747. The highest BCUT2D eigenvalue weighted by Crippen LogP contribution is 2.37. The molecule has 10 heteroatoms. The van der Waals surface area contributed by atoms with Crippen LogP contribution in [0.4, 0.5) is 5.82 Å². The van der Waals surface area contributed by atoms with Crippen molar-refractivity contribution in [1.29, 1.82) is 0 Å². The van der Waals surface area contributed by atoms with Crippen LogP contribution >= 0.6 is 39.0 Å². The van der Waals surface area contributed by atoms with Gasteiger partial charge in [-0.25, -0.2) is 18.2 Å². The Morgan fingerprint density at radius 2 is 2.14 bits per heavy atom. The van der Waals surface area contributed by atoms with Crippen LogP contribution in [0.25, 0.3) is 0 Å². The fraction of sp³-hybridized carbons (Fsp3) is 0.0909. The van der Waals surface area contributed by atoms with Crippen LogP contribution < -0.4 is 5.73 Å². The molecule has 2 aromatic heterocycles. The number of pyridine rings is 1. The summed E-state index contributed by atoms with van der Waals surface area (Å²) in [5, 5.41) is 9.00. The number of hydrogen-bond donors (Lipinski definition) is 2. The molecule has 112 valence electrons. The fourth-order valence-electron chi connectivity index (χ4n) is 1.50. The predicted octanol–water partition coefficient (Wildman–Crippen LogP) is 2.74. The molecule has 0 aromatic carbocycles. The van der Waals surface area contributed by atoms with Gasteiger partial charge < -0.3 is 10.8 Å². The summed E-state index contributed by atoms with van der Waals surface area (Å²) in [5.74, 6) is -0.982. The van der Waals surface area contributed by atoms with E-state index in [-0.39, 0.29) is 20.5 Å². The van der Waals surface area contributed by atoms with E-state index in [9.17, 15) is 13.2 Å². The molecule has 2 heterocycles. The topological polar surface area (TPSA) is 110 Å². The molecule has 0 saturated heterocycles. The Bertz CT molecular complexity index is 817. The lowest BCUT2D eigenvalue weighted by molar-refractivity contribution is 0.0702. The molecule has 2 aromatic rings. The van der Waals surface area contributed by atoms with Gasteiger partial charge in [-0.2, -0.15) is 0 Å². The minimum Gasteiger partial charge on any atom is -0.477 e. The number of carboxylic acid groups (broad SMARTS) is 1. The van der Waals surface area contributed by atoms with Crippen molar-refractivity contribution >= 4 is 60.7 Å². The van der Waals surface area contributed by atoms with Gasteiger partial charge in [0.25, 0.3) is 0 Å². The van der Waals surface area contributed by atoms with E-state index >= 15 is 0 Å². The number of thiophene rings is 1. The maximum absolute atomic E-state index is 12.6. The van der Waals surface area contributed by atoms with Gasteiger partial charge in [-0.1, -0.05) is 0 Å². The molecule has 2 rings (SSSR count). The first-order valence-electron chi connectivity index (χ1n) is 5.34. The molecule has 0 unspecified atom stereocenters. The van der Waals surface area contributed by atoms with E-state index in [1.54, 1.807) is 6.26 Å². The van der Waals surface area contributed by atoms with Gasteiger partial charge in [-0.05, 0) is 34.3 Å². The smallest absolute Gasteiger partial charge is 0.345 e. The highest BCUT2D eigenvalue weighted by Gasteiger charge is 2.26. The molecule has 0 amide bonds. The third kappa shape index (κ3) is 3.07. The zero-order chi connectivity index (χ0) is 15.8. The first kappa shape index (κ1) is 16.3. The highest BCUT2D eigenvalue weighted by molar-refractivity contribution is 9.10. The highest BCUT2D eigenvalue weighted by atomic mass is 79.9. The Labute approximate surface area is 137 Å². The second-order valence-corrected chi connectivity index (χ2v) is 8.71. The number of nitrogen functional groups attached to an aromatic ring is 1. The van der Waals surface area contributed by atoms with E-state index in [2.05, 4.69) is 20.9 Å². The van der Waals surface area contributed by atoms with E-state index in [1.807, 2.05) is 0 Å². The number of nitrogens with zero attached hydrogens (tertiary/aromatic N) is 1. The number of nitrogens with two attached hydrogens (primary N) is 1. The van der Waals surface area contributed by atoms with Crippen LogP contribution in [0.2, 0.25) is 0 Å². The second-order valence-electron chi connectivity index (χ2n) is 3.81. The Kier molecular flexibility index (Phi) is 4.61. The Morgan fingerprint density at radius 3 is 2.67 bits per heavy atom. The van der Waals surface area contributed by atoms with Crippen molar-refractivity contribution in [2.75, 3.05) is 12.0 Å². The zero-order valence-corrected chi connectivity index (χ0v) is 14.6. The van der Waals surface area contributed by atoms with Crippen LogP contribution in [0, 0.1) is 0 Å². The van der Waals surface area contributed by atoms with Crippen molar-refractivity contribution in [2.24, 2.45) is 0 Å². The van der Waals surface area contributed by atoms with Crippen LogP contribution in [-0.2, 0) is 9.84 Å². The van der Waals surface area contributed by atoms with Crippen molar-refractivity contribution in [3.63, 3.8) is 0 Å². The number of rotatable bonds is 4. The lowest BCUT2D eigenvalue weighted by Crippen LogP contribution is -2.04. The normalized spacial score (nSPS) is 11.5. The third-order valence-corrected chi connectivity index (χ3v) is 7.40. The number of halogens is 1. The number of thioether (sulfide) groups is 1. The monoisotopic (exact) mass is 408 g/mol. The molecule has 0 aliphatic carbocycles. The average Bonchev–Trinajstić information content (AvgIpc) is 2.86. The Balaban J connectivity index is 2.63. The van der Waals surface area contributed by atoms with Crippen LogP contribution in [0.3, 0.4) is 0 Å². The number of anilines is 1. The molecule has 0 fully saturated rings. The van der Waals surface area contributed by atoms with Gasteiger partial charge in [0.1, 0.15) is 10.7 Å². The maximum Gasteiger partial charge on any atom is 0.345 e. The van der Waals surface area contributed by atoms with Gasteiger partial charge in [0.15, 0.2) is 0 Å². The number of hydrogen-bond acceptors (Lipinski definition) is 7. The van der Waals surface area contributed by atoms with Crippen molar-refractivity contribution in [3.8, 4) is 0 Å². The van der Waals surface area contributed by atoms with E-state index in [1.165, 1.54) is 23.9 Å². The van der Waals surface area contributed by atoms with Gasteiger partial charge in [0, 0.05) is 6.20 Å². The number of carbonyl (C=O) groups is 1. The summed E-state index contributed by atoms with van der Waals surface area (Å²) in [7, 11) is -3.86. The molecule has 0 radical (unpaired) electrons. The SMILES string of the molecule is CSc1sc(C(=O)O)cc1S(=O)(=O)c1cnc(N)c(Br)c1. The molecule has 0 saturated carbocycles. The van der Waals surface area contributed by atoms with Crippen LogP contribution in [0.1, 0.15) is 9.67 Å². The zero-order valence-electron chi connectivity index (χ0n) is 10.5. The van der Waals surface area contributed by atoms with Gasteiger partial charge in [-0.15, -0.1) is 23.1 Å². The number of sulfone groups is 1. The molecular formula is C11H9BrN2O4S3. The van der Waals surface area contributed by atoms with Crippen LogP contribution in [0.15, 0.2) is 36.8 Å². The molecule has 21 heavy (non-hydrogen) atoms. The first-order valence-corrected chi connectivity index (χ1v) is 9.66. The lowest BCUT2D eigenvalue weighted by Gasteiger charge is -2.05. The summed E-state index contributed by atoms with van der Waals surface area (Å²) in [6.45, 7) is 0. The molecule has 0 atom stereocenters. The molecule has 0 aliphatic rings. The minimum atomic E-state index is -3.86. The minimum absolute atomic E-state index is 0.0274. The number of carboxylic acids is 1. The van der Waals surface area contributed by atoms with Crippen molar-refractivity contribution < 1.29 is 18.3 Å². The van der Waals surface area contributed by atoms with Crippen LogP contribution in [-0.4, -0.2) is 30.7 Å². The summed E-state index contributed by atoms with van der Waals surface area (Å²) in [4.78, 5) is 14.7. The summed E-state index contributed by atoms with van der Waals surface area (Å²) in [5.41, 5.74) is 5.54. The summed E-state index contributed by atoms with van der Waals surface area (Å²) in [6, 6.07) is 2.51.